The number of ether oxygens (including phenoxy) is 1. The molecule has 9 heteroatoms. The molecule has 0 spiro atoms. The molecular formula is C32H41Cl2N3O3S. The van der Waals surface area contributed by atoms with Crippen LogP contribution in [-0.2, 0) is 4.74 Å². The molecule has 222 valence electrons. The summed E-state index contributed by atoms with van der Waals surface area (Å²) in [6, 6.07) is 19.9. The van der Waals surface area contributed by atoms with Crippen molar-refractivity contribution in [2.45, 2.75) is 45.4 Å². The van der Waals surface area contributed by atoms with Gasteiger partial charge in [-0.1, -0.05) is 61.5 Å². The van der Waals surface area contributed by atoms with E-state index in [0.29, 0.717) is 26.9 Å². The highest BCUT2D eigenvalue weighted by Gasteiger charge is 2.13. The molecule has 41 heavy (non-hydrogen) atoms. The topological polar surface area (TPSA) is 70.7 Å². The zero-order valence-corrected chi connectivity index (χ0v) is 26.5. The van der Waals surface area contributed by atoms with Crippen LogP contribution < -0.4 is 14.9 Å². The van der Waals surface area contributed by atoms with Gasteiger partial charge in [-0.2, -0.15) is 0 Å². The largest absolute Gasteiger partial charge is 0.387 e. The lowest BCUT2D eigenvalue weighted by Crippen LogP contribution is -2.21. The van der Waals surface area contributed by atoms with Gasteiger partial charge in [-0.3, -0.25) is 9.59 Å². The summed E-state index contributed by atoms with van der Waals surface area (Å²) >= 11 is 13.5. The second-order valence-corrected chi connectivity index (χ2v) is 11.3. The summed E-state index contributed by atoms with van der Waals surface area (Å²) in [6.07, 6.45) is 8.48. The summed E-state index contributed by atoms with van der Waals surface area (Å²) in [5.74, 6) is 1.03. The van der Waals surface area contributed by atoms with Gasteiger partial charge < -0.3 is 19.7 Å². The first-order valence-corrected chi connectivity index (χ1v) is 15.6. The van der Waals surface area contributed by atoms with Crippen molar-refractivity contribution < 1.29 is 14.3 Å². The standard InChI is InChI=1S/C18H20ClN3OS.C7H5ClO.C7H16O/c1-20-17-12-14(6-9-16(17)19)21-18(23)13-4-7-15(8-5-13)22-10-2-3-11-24-22;8-7-3-1-2-6(4-7)5-9;1-3-4-5-6-7-8-2/h4-9,12,20H,2-3,10-11H2,1H3,(H,21,23);1-5H;3-7H2,1-2H3. The van der Waals surface area contributed by atoms with Gasteiger partial charge >= 0.3 is 0 Å². The molecule has 1 aliphatic rings. The van der Waals surface area contributed by atoms with E-state index >= 15 is 0 Å². The van der Waals surface area contributed by atoms with Crippen molar-refractivity contribution in [3.63, 3.8) is 0 Å². The van der Waals surface area contributed by atoms with E-state index < -0.39 is 0 Å². The molecule has 0 saturated carbocycles. The summed E-state index contributed by atoms with van der Waals surface area (Å²) in [5, 5.41) is 7.12. The highest BCUT2D eigenvalue weighted by atomic mass is 35.5. The fourth-order valence-corrected chi connectivity index (χ4v) is 5.32. The van der Waals surface area contributed by atoms with Gasteiger partial charge in [0, 0.05) is 60.6 Å². The van der Waals surface area contributed by atoms with Crippen molar-refractivity contribution in [3.8, 4) is 0 Å². The maximum Gasteiger partial charge on any atom is 0.255 e. The quantitative estimate of drug-likeness (QED) is 0.134. The van der Waals surface area contributed by atoms with E-state index in [2.05, 4.69) is 21.9 Å². The Morgan fingerprint density at radius 1 is 1.02 bits per heavy atom. The van der Waals surface area contributed by atoms with Crippen LogP contribution in [0.15, 0.2) is 66.7 Å². The third-order valence-electron chi connectivity index (χ3n) is 6.10. The minimum atomic E-state index is -0.128. The molecule has 1 amide bonds. The maximum absolute atomic E-state index is 12.4. The van der Waals surface area contributed by atoms with E-state index in [1.807, 2.05) is 42.3 Å². The highest BCUT2D eigenvalue weighted by Crippen LogP contribution is 2.28. The Kier molecular flexibility index (Phi) is 17.0. The average molecular weight is 619 g/mol. The molecular weight excluding hydrogens is 577 g/mol. The van der Waals surface area contributed by atoms with Crippen molar-refractivity contribution in [2.24, 2.45) is 0 Å². The van der Waals surface area contributed by atoms with Crippen molar-refractivity contribution in [2.75, 3.05) is 48.0 Å². The second-order valence-electron chi connectivity index (χ2n) is 9.31. The molecule has 0 atom stereocenters. The molecule has 1 fully saturated rings. The third kappa shape index (κ3) is 13.2. The van der Waals surface area contributed by atoms with Gasteiger partial charge in [-0.25, -0.2) is 0 Å². The van der Waals surface area contributed by atoms with Gasteiger partial charge in [-0.15, -0.1) is 0 Å². The van der Waals surface area contributed by atoms with Gasteiger partial charge in [0.25, 0.3) is 5.91 Å². The first kappa shape index (κ1) is 34.5. The van der Waals surface area contributed by atoms with Crippen LogP contribution in [0.5, 0.6) is 0 Å². The third-order valence-corrected chi connectivity index (χ3v) is 7.84. The number of carbonyl (C=O) groups excluding carboxylic acids is 2. The second kappa shape index (κ2) is 20.2. The molecule has 3 aromatic carbocycles. The zero-order chi connectivity index (χ0) is 29.9. The van der Waals surface area contributed by atoms with Gasteiger partial charge in [0.15, 0.2) is 0 Å². The van der Waals surface area contributed by atoms with E-state index in [9.17, 15) is 9.59 Å². The smallest absolute Gasteiger partial charge is 0.255 e. The van der Waals surface area contributed by atoms with Crippen LogP contribution in [0, 0.1) is 0 Å². The molecule has 3 aromatic rings. The SMILES string of the molecule is CCCCCCOC.CNc1cc(NC(=O)c2ccc(N3CCCCS3)cc2)ccc1Cl.O=Cc1cccc(Cl)c1. The number of hydrogen-bond acceptors (Lipinski definition) is 6. The molecule has 0 bridgehead atoms. The summed E-state index contributed by atoms with van der Waals surface area (Å²) in [4.78, 5) is 22.5. The number of carbonyl (C=O) groups is 2. The molecule has 0 aliphatic carbocycles. The van der Waals surface area contributed by atoms with Crippen molar-refractivity contribution in [3.05, 3.63) is 87.9 Å². The van der Waals surface area contributed by atoms with Gasteiger partial charge in [-0.05, 0) is 85.8 Å². The number of nitrogens with one attached hydrogen (secondary N) is 2. The molecule has 0 aromatic heterocycles. The number of anilines is 3. The Morgan fingerprint density at radius 2 is 1.80 bits per heavy atom. The van der Waals surface area contributed by atoms with Gasteiger partial charge in [0.05, 0.1) is 10.7 Å². The number of methoxy groups -OCH3 is 1. The van der Waals surface area contributed by atoms with Crippen molar-refractivity contribution in [1.82, 2.24) is 0 Å². The first-order chi connectivity index (χ1) is 19.9. The van der Waals surface area contributed by atoms with E-state index in [-0.39, 0.29) is 5.91 Å². The van der Waals surface area contributed by atoms with Crippen LogP contribution >= 0.6 is 35.1 Å². The summed E-state index contributed by atoms with van der Waals surface area (Å²) in [7, 11) is 3.55. The van der Waals surface area contributed by atoms with Crippen LogP contribution in [0.2, 0.25) is 10.0 Å². The number of aldehydes is 1. The molecule has 0 radical (unpaired) electrons. The fourth-order valence-electron chi connectivity index (χ4n) is 3.83. The molecule has 1 heterocycles. The van der Waals surface area contributed by atoms with Gasteiger partial charge in [0.2, 0.25) is 0 Å². The van der Waals surface area contributed by atoms with E-state index in [0.717, 1.165) is 36.6 Å². The number of unbranched alkanes of at least 4 members (excludes halogenated alkanes) is 3. The van der Waals surface area contributed by atoms with Crippen molar-refractivity contribution in [1.29, 1.82) is 0 Å². The van der Waals surface area contributed by atoms with Crippen LogP contribution in [0.4, 0.5) is 17.1 Å². The summed E-state index contributed by atoms with van der Waals surface area (Å²) < 4.78 is 7.18. The predicted molar refractivity (Wildman–Crippen MR) is 177 cm³/mol. The predicted octanol–water partition coefficient (Wildman–Crippen LogP) is 9.25. The molecule has 1 aliphatic heterocycles. The minimum Gasteiger partial charge on any atom is -0.387 e. The molecule has 1 saturated heterocycles. The Bertz CT molecular complexity index is 1180. The lowest BCUT2D eigenvalue weighted by molar-refractivity contribution is 0.102. The Morgan fingerprint density at radius 3 is 2.39 bits per heavy atom. The number of amides is 1. The number of benzene rings is 3. The number of nitrogens with zero attached hydrogens (tertiary/aromatic N) is 1. The summed E-state index contributed by atoms with van der Waals surface area (Å²) in [6.45, 7) is 4.21. The zero-order valence-electron chi connectivity index (χ0n) is 24.1. The average Bonchev–Trinajstić information content (AvgIpc) is 3.01. The van der Waals surface area contributed by atoms with Crippen LogP contribution in [0.25, 0.3) is 0 Å². The Hall–Kier alpha value is -2.71. The van der Waals surface area contributed by atoms with E-state index in [1.165, 1.54) is 38.5 Å². The number of hydrogen-bond donors (Lipinski definition) is 2. The van der Waals surface area contributed by atoms with Crippen LogP contribution in [0.3, 0.4) is 0 Å². The van der Waals surface area contributed by atoms with Crippen LogP contribution in [-0.4, -0.2) is 45.3 Å². The maximum atomic E-state index is 12.4. The normalized spacial score (nSPS) is 12.3. The molecule has 2 N–H and O–H groups in total. The monoisotopic (exact) mass is 617 g/mol. The minimum absolute atomic E-state index is 0.128. The number of halogens is 2. The van der Waals surface area contributed by atoms with Crippen LogP contribution in [0.1, 0.15) is 66.2 Å². The Labute approximate surface area is 259 Å². The van der Waals surface area contributed by atoms with Gasteiger partial charge in [0.1, 0.15) is 6.29 Å². The molecule has 0 unspecified atom stereocenters. The highest BCUT2D eigenvalue weighted by molar-refractivity contribution is 8.00. The lowest BCUT2D eigenvalue weighted by atomic mass is 10.1. The molecule has 6 nitrogen and oxygen atoms in total. The van der Waals surface area contributed by atoms with Crippen molar-refractivity contribution >= 4 is 64.4 Å². The lowest BCUT2D eigenvalue weighted by Gasteiger charge is -2.27. The Balaban J connectivity index is 0.000000283. The molecule has 4 rings (SSSR count). The van der Waals surface area contributed by atoms with E-state index in [1.54, 1.807) is 50.6 Å². The van der Waals surface area contributed by atoms with E-state index in [4.69, 9.17) is 27.9 Å². The first-order valence-electron chi connectivity index (χ1n) is 13.9. The number of rotatable bonds is 10. The summed E-state index contributed by atoms with van der Waals surface area (Å²) in [5.41, 5.74) is 3.90. The fraction of sp³-hybridized carbons (Fsp3) is 0.375.